The maximum absolute atomic E-state index is 11.8. The molecule has 14 heavy (non-hydrogen) atoms. The van der Waals surface area contributed by atoms with Crippen molar-refractivity contribution in [3.8, 4) is 0 Å². The lowest BCUT2D eigenvalue weighted by Gasteiger charge is -2.31. The highest BCUT2D eigenvalue weighted by Crippen LogP contribution is 2.32. The molecule has 0 aromatic heterocycles. The first-order valence-corrected chi connectivity index (χ1v) is 5.86. The van der Waals surface area contributed by atoms with E-state index in [1.165, 1.54) is 7.11 Å². The van der Waals surface area contributed by atoms with Gasteiger partial charge < -0.3 is 4.74 Å². The molecule has 0 bridgehead atoms. The van der Waals surface area contributed by atoms with Gasteiger partial charge in [0.15, 0.2) is 0 Å². The summed E-state index contributed by atoms with van der Waals surface area (Å²) in [6.45, 7) is 5.65. The first-order chi connectivity index (χ1) is 6.41. The summed E-state index contributed by atoms with van der Waals surface area (Å²) >= 11 is 0. The minimum absolute atomic E-state index is 0.373. The van der Waals surface area contributed by atoms with Crippen molar-refractivity contribution in [2.24, 2.45) is 0 Å². The number of allylic oxidation sites excluding steroid dienone is 1. The lowest BCUT2D eigenvalue weighted by atomic mass is 9.98. The Hall–Kier alpha value is -0.640. The second-order valence-corrected chi connectivity index (χ2v) is 5.83. The second kappa shape index (κ2) is 3.85. The normalized spacial score (nSPS) is 33.0. The lowest BCUT2D eigenvalue weighted by molar-refractivity contribution is -0.143. The van der Waals surface area contributed by atoms with Crippen molar-refractivity contribution >= 4 is 16.8 Å². The van der Waals surface area contributed by atoms with E-state index in [2.05, 4.69) is 0 Å². The average molecular weight is 216 g/mol. The third-order valence-electron chi connectivity index (χ3n) is 2.80. The summed E-state index contributed by atoms with van der Waals surface area (Å²) in [5.74, 6) is 0.111. The van der Waals surface area contributed by atoms with Crippen LogP contribution in [-0.2, 0) is 20.3 Å². The number of methoxy groups -OCH3 is 1. The molecule has 0 saturated heterocycles. The number of rotatable bonds is 1. The Kier molecular flexibility index (Phi) is 3.14. The van der Waals surface area contributed by atoms with Gasteiger partial charge in [-0.05, 0) is 27.2 Å². The van der Waals surface area contributed by atoms with E-state index in [0.717, 1.165) is 11.1 Å². The molecule has 3 nitrogen and oxygen atoms in total. The van der Waals surface area contributed by atoms with Gasteiger partial charge in [-0.25, -0.2) is 0 Å². The van der Waals surface area contributed by atoms with Crippen LogP contribution in [0.25, 0.3) is 0 Å². The van der Waals surface area contributed by atoms with Gasteiger partial charge >= 0.3 is 5.97 Å². The van der Waals surface area contributed by atoms with Gasteiger partial charge in [0, 0.05) is 16.6 Å². The quantitative estimate of drug-likeness (QED) is 0.491. The molecule has 0 saturated carbocycles. The number of esters is 1. The first kappa shape index (κ1) is 11.4. The highest BCUT2D eigenvalue weighted by Gasteiger charge is 2.43. The number of ether oxygens (including phenoxy) is 1. The van der Waals surface area contributed by atoms with E-state index in [-0.39, 0.29) is 5.97 Å². The Morgan fingerprint density at radius 1 is 1.43 bits per heavy atom. The summed E-state index contributed by atoms with van der Waals surface area (Å²) in [6, 6.07) is 0. The summed E-state index contributed by atoms with van der Waals surface area (Å²) in [5, 5.41) is 0. The topological polar surface area (TPSA) is 43.4 Å². The van der Waals surface area contributed by atoms with Crippen molar-refractivity contribution in [3.63, 3.8) is 0 Å². The van der Waals surface area contributed by atoms with E-state index in [0.29, 0.717) is 12.2 Å². The smallest absolute Gasteiger partial charge is 0.324 e. The first-order valence-electron chi connectivity index (χ1n) is 4.54. The van der Waals surface area contributed by atoms with Crippen molar-refractivity contribution in [1.29, 1.82) is 0 Å². The van der Waals surface area contributed by atoms with Crippen molar-refractivity contribution in [1.82, 2.24) is 0 Å². The van der Waals surface area contributed by atoms with E-state index >= 15 is 0 Å². The molecule has 1 aliphatic rings. The van der Waals surface area contributed by atoms with E-state index in [4.69, 9.17) is 4.74 Å². The van der Waals surface area contributed by atoms with Gasteiger partial charge in [0.25, 0.3) is 0 Å². The van der Waals surface area contributed by atoms with Gasteiger partial charge in [0.1, 0.15) is 4.75 Å². The van der Waals surface area contributed by atoms with Crippen LogP contribution in [0.5, 0.6) is 0 Å². The lowest BCUT2D eigenvalue weighted by Crippen LogP contribution is -2.44. The second-order valence-electron chi connectivity index (χ2n) is 3.95. The van der Waals surface area contributed by atoms with Crippen molar-refractivity contribution < 1.29 is 13.7 Å². The number of carbonyl (C=O) groups is 1. The molecule has 0 aromatic carbocycles. The summed E-state index contributed by atoms with van der Waals surface area (Å²) in [5.41, 5.74) is 2.28. The molecule has 1 rings (SSSR count). The largest absolute Gasteiger partial charge is 0.468 e. The Labute approximate surface area is 87.0 Å². The fourth-order valence-electron chi connectivity index (χ4n) is 1.60. The Balaban J connectivity index is 3.03. The van der Waals surface area contributed by atoms with Crippen molar-refractivity contribution in [2.75, 3.05) is 12.9 Å². The van der Waals surface area contributed by atoms with Crippen LogP contribution in [0.1, 0.15) is 27.2 Å². The standard InChI is InChI=1S/C10H16O3S/c1-7-5-10(3,9(11)13-4)14(12)6-8(7)2/h5-6H2,1-4H3. The molecule has 80 valence electrons. The highest BCUT2D eigenvalue weighted by molar-refractivity contribution is 7.87. The predicted molar refractivity (Wildman–Crippen MR) is 56.4 cm³/mol. The maximum atomic E-state index is 11.8. The van der Waals surface area contributed by atoms with Crippen LogP contribution in [0.15, 0.2) is 11.1 Å². The molecule has 1 aliphatic heterocycles. The molecule has 0 amide bonds. The molecular weight excluding hydrogens is 200 g/mol. The van der Waals surface area contributed by atoms with Crippen molar-refractivity contribution in [3.05, 3.63) is 11.1 Å². The molecule has 1 heterocycles. The molecule has 0 N–H and O–H groups in total. The van der Waals surface area contributed by atoms with Crippen LogP contribution >= 0.6 is 0 Å². The van der Waals surface area contributed by atoms with Crippen LogP contribution in [0, 0.1) is 0 Å². The molecule has 4 heteroatoms. The van der Waals surface area contributed by atoms with Gasteiger partial charge in [0.2, 0.25) is 0 Å². The molecule has 2 atom stereocenters. The fraction of sp³-hybridized carbons (Fsp3) is 0.700. The van der Waals surface area contributed by atoms with Gasteiger partial charge in [-0.15, -0.1) is 0 Å². The third-order valence-corrected chi connectivity index (χ3v) is 4.81. The zero-order chi connectivity index (χ0) is 10.9. The maximum Gasteiger partial charge on any atom is 0.324 e. The Morgan fingerprint density at radius 2 is 2.00 bits per heavy atom. The Bertz CT molecular complexity index is 319. The Morgan fingerprint density at radius 3 is 2.50 bits per heavy atom. The molecule has 0 aromatic rings. The molecule has 0 spiro atoms. The van der Waals surface area contributed by atoms with Crippen LogP contribution < -0.4 is 0 Å². The van der Waals surface area contributed by atoms with Crippen LogP contribution in [0.3, 0.4) is 0 Å². The molecule has 0 aliphatic carbocycles. The van der Waals surface area contributed by atoms with Crippen LogP contribution in [0.2, 0.25) is 0 Å². The minimum Gasteiger partial charge on any atom is -0.468 e. The van der Waals surface area contributed by atoms with E-state index < -0.39 is 15.5 Å². The summed E-state index contributed by atoms with van der Waals surface area (Å²) in [6.07, 6.45) is 0.540. The van der Waals surface area contributed by atoms with Gasteiger partial charge in [0.05, 0.1) is 7.11 Å². The van der Waals surface area contributed by atoms with Crippen LogP contribution in [0.4, 0.5) is 0 Å². The van der Waals surface area contributed by atoms with E-state index in [1.54, 1.807) is 6.92 Å². The number of hydrogen-bond donors (Lipinski definition) is 0. The van der Waals surface area contributed by atoms with Gasteiger partial charge in [-0.2, -0.15) is 0 Å². The van der Waals surface area contributed by atoms with Crippen LogP contribution in [-0.4, -0.2) is 27.8 Å². The SMILES string of the molecule is COC(=O)C1(C)CC(C)=C(C)CS1=O. The molecular formula is C10H16O3S. The zero-order valence-corrected chi connectivity index (χ0v) is 9.86. The highest BCUT2D eigenvalue weighted by atomic mass is 32.2. The van der Waals surface area contributed by atoms with Gasteiger partial charge in [-0.3, -0.25) is 9.00 Å². The van der Waals surface area contributed by atoms with E-state index in [1.807, 2.05) is 13.8 Å². The average Bonchev–Trinajstić information content (AvgIpc) is 2.13. The molecule has 2 unspecified atom stereocenters. The molecule has 0 radical (unpaired) electrons. The summed E-state index contributed by atoms with van der Waals surface area (Å²) in [4.78, 5) is 11.5. The molecule has 0 fully saturated rings. The number of hydrogen-bond acceptors (Lipinski definition) is 3. The minimum atomic E-state index is -1.16. The van der Waals surface area contributed by atoms with Crippen molar-refractivity contribution in [2.45, 2.75) is 31.9 Å². The predicted octanol–water partition coefficient (Wildman–Crippen LogP) is 1.41. The fourth-order valence-corrected chi connectivity index (χ4v) is 3.20. The van der Waals surface area contributed by atoms with Gasteiger partial charge in [-0.1, -0.05) is 11.1 Å². The monoisotopic (exact) mass is 216 g/mol. The zero-order valence-electron chi connectivity index (χ0n) is 9.05. The third kappa shape index (κ3) is 1.75. The summed E-state index contributed by atoms with van der Waals surface area (Å²) < 4.78 is 15.7. The summed E-state index contributed by atoms with van der Waals surface area (Å²) in [7, 11) is 0.182. The van der Waals surface area contributed by atoms with E-state index in [9.17, 15) is 9.00 Å². The number of carbonyl (C=O) groups excluding carboxylic acids is 1.